The van der Waals surface area contributed by atoms with Crippen LogP contribution in [0.4, 0.5) is 15.6 Å². The molecule has 0 aliphatic carbocycles. The van der Waals surface area contributed by atoms with E-state index in [-0.39, 0.29) is 5.15 Å². The lowest BCUT2D eigenvalue weighted by molar-refractivity contribution is 0.171. The van der Waals surface area contributed by atoms with Gasteiger partial charge in [-0.15, -0.1) is 0 Å². The van der Waals surface area contributed by atoms with Crippen molar-refractivity contribution >= 4 is 57.7 Å². The van der Waals surface area contributed by atoms with Gasteiger partial charge >= 0.3 is 6.09 Å². The van der Waals surface area contributed by atoms with Crippen LogP contribution >= 0.6 is 34.5 Å². The first-order valence-electron chi connectivity index (χ1n) is 5.65. The van der Waals surface area contributed by atoms with Crippen LogP contribution in [0.3, 0.4) is 0 Å². The predicted molar refractivity (Wildman–Crippen MR) is 85.0 cm³/mol. The molecular formula is C12H10Cl2N4O2S. The summed E-state index contributed by atoms with van der Waals surface area (Å²) in [5.41, 5.74) is 2.89. The van der Waals surface area contributed by atoms with Crippen LogP contribution in [0.5, 0.6) is 0 Å². The molecule has 1 aromatic carbocycles. The van der Waals surface area contributed by atoms with Crippen molar-refractivity contribution in [2.45, 2.75) is 0 Å². The SMILES string of the molecule is COC(=O)N/N=C/c1sc(Nc2ccccc2Cl)nc1Cl. The van der Waals surface area contributed by atoms with Crippen molar-refractivity contribution < 1.29 is 9.53 Å². The van der Waals surface area contributed by atoms with E-state index in [1.54, 1.807) is 6.07 Å². The van der Waals surface area contributed by atoms with Crippen molar-refractivity contribution in [2.24, 2.45) is 5.10 Å². The van der Waals surface area contributed by atoms with E-state index >= 15 is 0 Å². The lowest BCUT2D eigenvalue weighted by Crippen LogP contribution is -2.16. The number of nitrogens with one attached hydrogen (secondary N) is 2. The molecule has 2 rings (SSSR count). The van der Waals surface area contributed by atoms with Crippen molar-refractivity contribution in [1.29, 1.82) is 0 Å². The number of hydrogen-bond donors (Lipinski definition) is 2. The molecule has 0 spiro atoms. The molecule has 0 saturated heterocycles. The van der Waals surface area contributed by atoms with Gasteiger partial charge in [0.1, 0.15) is 0 Å². The van der Waals surface area contributed by atoms with Crippen LogP contribution in [0.1, 0.15) is 4.88 Å². The molecule has 110 valence electrons. The zero-order chi connectivity index (χ0) is 15.2. The maximum Gasteiger partial charge on any atom is 0.427 e. The number of aromatic nitrogens is 1. The van der Waals surface area contributed by atoms with Gasteiger partial charge in [0, 0.05) is 0 Å². The van der Waals surface area contributed by atoms with Gasteiger partial charge in [-0.25, -0.2) is 15.2 Å². The smallest absolute Gasteiger partial charge is 0.427 e. The van der Waals surface area contributed by atoms with Crippen LogP contribution in [0.2, 0.25) is 10.2 Å². The van der Waals surface area contributed by atoms with Crippen LogP contribution in [-0.4, -0.2) is 24.4 Å². The zero-order valence-electron chi connectivity index (χ0n) is 10.8. The van der Waals surface area contributed by atoms with E-state index in [1.807, 2.05) is 18.2 Å². The number of para-hydroxylation sites is 1. The first-order valence-corrected chi connectivity index (χ1v) is 7.22. The summed E-state index contributed by atoms with van der Waals surface area (Å²) in [4.78, 5) is 15.6. The summed E-state index contributed by atoms with van der Waals surface area (Å²) in [6.45, 7) is 0. The van der Waals surface area contributed by atoms with E-state index in [0.29, 0.717) is 15.0 Å². The lowest BCUT2D eigenvalue weighted by Gasteiger charge is -2.03. The fourth-order valence-corrected chi connectivity index (χ4v) is 2.54. The van der Waals surface area contributed by atoms with E-state index < -0.39 is 6.09 Å². The van der Waals surface area contributed by atoms with Crippen LogP contribution in [-0.2, 0) is 4.74 Å². The summed E-state index contributed by atoms with van der Waals surface area (Å²) < 4.78 is 4.38. The Bertz CT molecular complexity index is 675. The molecule has 0 bridgehead atoms. The molecule has 0 aliphatic heterocycles. The lowest BCUT2D eigenvalue weighted by atomic mass is 10.3. The van der Waals surface area contributed by atoms with Gasteiger partial charge in [0.05, 0.1) is 28.9 Å². The molecule has 1 heterocycles. The fraction of sp³-hybridized carbons (Fsp3) is 0.0833. The molecule has 0 radical (unpaired) electrons. The van der Waals surface area contributed by atoms with E-state index in [9.17, 15) is 4.79 Å². The molecule has 1 amide bonds. The van der Waals surface area contributed by atoms with Gasteiger partial charge in [-0.2, -0.15) is 5.10 Å². The number of thiazole rings is 1. The molecule has 0 unspecified atom stereocenters. The normalized spacial score (nSPS) is 10.6. The number of rotatable bonds is 4. The van der Waals surface area contributed by atoms with Gasteiger partial charge in [-0.3, -0.25) is 0 Å². The molecule has 0 saturated carbocycles. The summed E-state index contributed by atoms with van der Waals surface area (Å²) in [5, 5.41) is 8.16. The Hall–Kier alpha value is -1.83. The predicted octanol–water partition coefficient (Wildman–Crippen LogP) is 3.88. The van der Waals surface area contributed by atoms with E-state index in [4.69, 9.17) is 23.2 Å². The fourth-order valence-electron chi connectivity index (χ4n) is 1.31. The minimum Gasteiger partial charge on any atom is -0.452 e. The third kappa shape index (κ3) is 4.32. The monoisotopic (exact) mass is 344 g/mol. The molecular weight excluding hydrogens is 335 g/mol. The number of benzene rings is 1. The van der Waals surface area contributed by atoms with E-state index in [1.165, 1.54) is 24.7 Å². The van der Waals surface area contributed by atoms with Gasteiger partial charge in [0.2, 0.25) is 0 Å². The Balaban J connectivity index is 2.09. The first kappa shape index (κ1) is 15.6. The molecule has 0 fully saturated rings. The summed E-state index contributed by atoms with van der Waals surface area (Å²) in [7, 11) is 1.25. The molecule has 9 heteroatoms. The van der Waals surface area contributed by atoms with Gasteiger partial charge in [0.15, 0.2) is 10.3 Å². The molecule has 0 atom stereocenters. The molecule has 6 nitrogen and oxygen atoms in total. The minimum atomic E-state index is -0.665. The van der Waals surface area contributed by atoms with Crippen molar-refractivity contribution in [1.82, 2.24) is 10.4 Å². The summed E-state index contributed by atoms with van der Waals surface area (Å²) in [6.07, 6.45) is 0.718. The number of anilines is 2. The number of ether oxygens (including phenoxy) is 1. The Labute approximate surface area is 134 Å². The first-order chi connectivity index (χ1) is 10.1. The third-order valence-corrected chi connectivity index (χ3v) is 3.88. The van der Waals surface area contributed by atoms with Crippen LogP contribution in [0, 0.1) is 0 Å². The second-order valence-corrected chi connectivity index (χ2v) is 5.44. The van der Waals surface area contributed by atoms with Crippen molar-refractivity contribution in [3.8, 4) is 0 Å². The number of nitrogens with zero attached hydrogens (tertiary/aromatic N) is 2. The number of methoxy groups -OCH3 is 1. The van der Waals surface area contributed by atoms with Crippen LogP contribution in [0.25, 0.3) is 0 Å². The molecule has 0 aliphatic rings. The van der Waals surface area contributed by atoms with Gasteiger partial charge < -0.3 is 10.1 Å². The second-order valence-electron chi connectivity index (χ2n) is 3.64. The quantitative estimate of drug-likeness (QED) is 0.651. The average Bonchev–Trinajstić information content (AvgIpc) is 2.81. The van der Waals surface area contributed by atoms with Crippen molar-refractivity contribution in [2.75, 3.05) is 12.4 Å². The zero-order valence-corrected chi connectivity index (χ0v) is 13.1. The average molecular weight is 345 g/mol. The Morgan fingerprint density at radius 1 is 1.43 bits per heavy atom. The minimum absolute atomic E-state index is 0.268. The van der Waals surface area contributed by atoms with Gasteiger partial charge in [-0.05, 0) is 12.1 Å². The number of hydrazone groups is 1. The standard InChI is InChI=1S/C12H10Cl2N4O2S/c1-20-12(19)18-15-6-9-10(14)17-11(21-9)16-8-5-3-2-4-7(8)13/h2-6H,1H3,(H,16,17)(H,18,19)/b15-6+. The van der Waals surface area contributed by atoms with Crippen LogP contribution in [0.15, 0.2) is 29.4 Å². The van der Waals surface area contributed by atoms with Gasteiger partial charge in [-0.1, -0.05) is 46.7 Å². The highest BCUT2D eigenvalue weighted by atomic mass is 35.5. The molecule has 2 aromatic rings. The second kappa shape index (κ2) is 7.26. The highest BCUT2D eigenvalue weighted by Crippen LogP contribution is 2.30. The number of carbonyl (C=O) groups is 1. The molecule has 21 heavy (non-hydrogen) atoms. The third-order valence-electron chi connectivity index (χ3n) is 2.25. The van der Waals surface area contributed by atoms with Crippen molar-refractivity contribution in [3.63, 3.8) is 0 Å². The van der Waals surface area contributed by atoms with E-state index in [0.717, 1.165) is 5.69 Å². The number of carbonyl (C=O) groups excluding carboxylic acids is 1. The topological polar surface area (TPSA) is 75.6 Å². The largest absolute Gasteiger partial charge is 0.452 e. The maximum absolute atomic E-state index is 10.9. The molecule has 1 aromatic heterocycles. The number of halogens is 2. The Kier molecular flexibility index (Phi) is 5.38. The Morgan fingerprint density at radius 2 is 2.19 bits per heavy atom. The Morgan fingerprint density at radius 3 is 2.90 bits per heavy atom. The summed E-state index contributed by atoms with van der Waals surface area (Å²) in [6, 6.07) is 7.27. The highest BCUT2D eigenvalue weighted by molar-refractivity contribution is 7.17. The van der Waals surface area contributed by atoms with Crippen LogP contribution < -0.4 is 10.7 Å². The summed E-state index contributed by atoms with van der Waals surface area (Å²) >= 11 is 13.3. The number of amides is 1. The summed E-state index contributed by atoms with van der Waals surface area (Å²) in [5.74, 6) is 0. The highest BCUT2D eigenvalue weighted by Gasteiger charge is 2.09. The van der Waals surface area contributed by atoms with Crippen molar-refractivity contribution in [3.05, 3.63) is 39.3 Å². The van der Waals surface area contributed by atoms with Gasteiger partial charge in [0.25, 0.3) is 0 Å². The van der Waals surface area contributed by atoms with E-state index in [2.05, 4.69) is 25.6 Å². The number of hydrogen-bond acceptors (Lipinski definition) is 6. The molecule has 2 N–H and O–H groups in total. The maximum atomic E-state index is 10.9.